The quantitative estimate of drug-likeness (QED) is 0.341. The number of unbranched alkanes of at least 4 members (excludes halogenated alkanes) is 1. The van der Waals surface area contributed by atoms with Crippen LogP contribution in [0.2, 0.25) is 0 Å². The van der Waals surface area contributed by atoms with Gasteiger partial charge in [-0.25, -0.2) is 0 Å². The third-order valence-corrected chi connectivity index (χ3v) is 6.32. The van der Waals surface area contributed by atoms with Crippen LogP contribution >= 0.6 is 0 Å². The van der Waals surface area contributed by atoms with Crippen molar-refractivity contribution in [2.45, 2.75) is 65.5 Å². The second-order valence-corrected chi connectivity index (χ2v) is 9.34. The highest BCUT2D eigenvalue weighted by molar-refractivity contribution is 5.88. The first-order valence-electron chi connectivity index (χ1n) is 12.7. The maximum Gasteiger partial charge on any atom is 0.243 e. The van der Waals surface area contributed by atoms with Gasteiger partial charge >= 0.3 is 0 Å². The zero-order valence-electron chi connectivity index (χ0n) is 21.3. The summed E-state index contributed by atoms with van der Waals surface area (Å²) in [6, 6.07) is 25.9. The van der Waals surface area contributed by atoms with Gasteiger partial charge in [0.1, 0.15) is 6.04 Å². The molecule has 0 aliphatic rings. The Hall–Kier alpha value is -3.40. The van der Waals surface area contributed by atoms with Gasteiger partial charge in [0, 0.05) is 25.9 Å². The highest BCUT2D eigenvalue weighted by atomic mass is 16.2. The van der Waals surface area contributed by atoms with Gasteiger partial charge in [-0.1, -0.05) is 103 Å². The topological polar surface area (TPSA) is 49.4 Å². The van der Waals surface area contributed by atoms with Gasteiger partial charge in [-0.2, -0.15) is 0 Å². The van der Waals surface area contributed by atoms with Crippen molar-refractivity contribution >= 4 is 11.8 Å². The van der Waals surface area contributed by atoms with Crippen molar-refractivity contribution in [1.82, 2.24) is 10.2 Å². The maximum absolute atomic E-state index is 13.7. The molecule has 3 rings (SSSR count). The first-order valence-corrected chi connectivity index (χ1v) is 12.7. The molecule has 0 aromatic heterocycles. The molecule has 1 N–H and O–H groups in total. The van der Waals surface area contributed by atoms with Crippen molar-refractivity contribution in [2.24, 2.45) is 0 Å². The highest BCUT2D eigenvalue weighted by Crippen LogP contribution is 2.17. The van der Waals surface area contributed by atoms with Crippen molar-refractivity contribution < 1.29 is 9.59 Å². The van der Waals surface area contributed by atoms with E-state index in [1.807, 2.05) is 49.4 Å². The van der Waals surface area contributed by atoms with Gasteiger partial charge in [0.25, 0.3) is 0 Å². The van der Waals surface area contributed by atoms with E-state index in [0.717, 1.165) is 29.5 Å². The molecule has 0 saturated heterocycles. The minimum Gasteiger partial charge on any atom is -0.354 e. The Balaban J connectivity index is 1.86. The Labute approximate surface area is 210 Å². The van der Waals surface area contributed by atoms with Crippen LogP contribution in [0.25, 0.3) is 0 Å². The standard InChI is InChI=1S/C31H38N2O2/c1-4-5-21-32-31(35)29(22-27-9-7-6-8-10-27)33(23-28-17-13-25(3)14-18-28)30(34)20-19-26-15-11-24(2)12-16-26/h6-18,29H,4-5,19-23H2,1-3H3,(H,32,35)/t29-/m1/s1. The smallest absolute Gasteiger partial charge is 0.243 e. The summed E-state index contributed by atoms with van der Waals surface area (Å²) >= 11 is 0. The molecule has 35 heavy (non-hydrogen) atoms. The predicted molar refractivity (Wildman–Crippen MR) is 143 cm³/mol. The molecule has 0 heterocycles. The summed E-state index contributed by atoms with van der Waals surface area (Å²) in [5, 5.41) is 3.08. The lowest BCUT2D eigenvalue weighted by Crippen LogP contribution is -2.50. The van der Waals surface area contributed by atoms with Crippen molar-refractivity contribution in [2.75, 3.05) is 6.54 Å². The molecule has 0 aliphatic heterocycles. The van der Waals surface area contributed by atoms with Gasteiger partial charge in [-0.15, -0.1) is 0 Å². The predicted octanol–water partition coefficient (Wildman–Crippen LogP) is 5.79. The normalized spacial score (nSPS) is 11.6. The summed E-state index contributed by atoms with van der Waals surface area (Å²) < 4.78 is 0. The average molecular weight is 471 g/mol. The second kappa shape index (κ2) is 13.5. The fraction of sp³-hybridized carbons (Fsp3) is 0.355. The van der Waals surface area contributed by atoms with E-state index < -0.39 is 6.04 Å². The number of hydrogen-bond acceptors (Lipinski definition) is 2. The fourth-order valence-corrected chi connectivity index (χ4v) is 4.10. The van der Waals surface area contributed by atoms with Gasteiger partial charge < -0.3 is 10.2 Å². The molecule has 4 nitrogen and oxygen atoms in total. The zero-order valence-corrected chi connectivity index (χ0v) is 21.3. The van der Waals surface area contributed by atoms with E-state index in [4.69, 9.17) is 0 Å². The minimum atomic E-state index is -0.568. The third-order valence-electron chi connectivity index (χ3n) is 6.32. The van der Waals surface area contributed by atoms with Crippen molar-refractivity contribution in [3.05, 3.63) is 107 Å². The lowest BCUT2D eigenvalue weighted by Gasteiger charge is -2.32. The fourth-order valence-electron chi connectivity index (χ4n) is 4.10. The Morgan fingerprint density at radius 2 is 1.40 bits per heavy atom. The number of amides is 2. The molecule has 184 valence electrons. The molecule has 3 aromatic carbocycles. The summed E-state index contributed by atoms with van der Waals surface area (Å²) in [6.07, 6.45) is 3.43. The number of carbonyl (C=O) groups is 2. The van der Waals surface area contributed by atoms with Crippen LogP contribution in [0.4, 0.5) is 0 Å². The number of nitrogens with zero attached hydrogens (tertiary/aromatic N) is 1. The van der Waals surface area contributed by atoms with Gasteiger partial charge in [-0.05, 0) is 43.4 Å². The second-order valence-electron chi connectivity index (χ2n) is 9.34. The van der Waals surface area contributed by atoms with Crippen LogP contribution in [0.3, 0.4) is 0 Å². The van der Waals surface area contributed by atoms with Crippen LogP contribution in [0.5, 0.6) is 0 Å². The average Bonchev–Trinajstić information content (AvgIpc) is 2.87. The lowest BCUT2D eigenvalue weighted by molar-refractivity contribution is -0.141. The molecule has 0 unspecified atom stereocenters. The Kier molecular flexibility index (Phi) is 10.1. The van der Waals surface area contributed by atoms with E-state index in [9.17, 15) is 9.59 Å². The number of aryl methyl sites for hydroxylation is 3. The van der Waals surface area contributed by atoms with Gasteiger partial charge in [0.15, 0.2) is 0 Å². The van der Waals surface area contributed by atoms with Gasteiger partial charge in [-0.3, -0.25) is 9.59 Å². The van der Waals surface area contributed by atoms with E-state index in [0.29, 0.717) is 32.4 Å². The van der Waals surface area contributed by atoms with Crippen molar-refractivity contribution in [1.29, 1.82) is 0 Å². The molecule has 2 amide bonds. The van der Waals surface area contributed by atoms with E-state index in [2.05, 4.69) is 55.6 Å². The Morgan fingerprint density at radius 1 is 0.800 bits per heavy atom. The number of rotatable bonds is 12. The summed E-state index contributed by atoms with van der Waals surface area (Å²) in [5.41, 5.74) is 5.57. The van der Waals surface area contributed by atoms with Crippen LogP contribution in [0.15, 0.2) is 78.9 Å². The molecular formula is C31H38N2O2. The summed E-state index contributed by atoms with van der Waals surface area (Å²) in [7, 11) is 0. The van der Waals surface area contributed by atoms with Crippen LogP contribution < -0.4 is 5.32 Å². The molecule has 0 saturated carbocycles. The van der Waals surface area contributed by atoms with E-state index in [-0.39, 0.29) is 11.8 Å². The molecular weight excluding hydrogens is 432 g/mol. The molecule has 0 aliphatic carbocycles. The van der Waals surface area contributed by atoms with E-state index >= 15 is 0 Å². The minimum absolute atomic E-state index is 0.00211. The maximum atomic E-state index is 13.7. The van der Waals surface area contributed by atoms with Crippen molar-refractivity contribution in [3.63, 3.8) is 0 Å². The Morgan fingerprint density at radius 3 is 2.00 bits per heavy atom. The SMILES string of the molecule is CCCCNC(=O)[C@@H](Cc1ccccc1)N(Cc1ccc(C)cc1)C(=O)CCc1ccc(C)cc1. The zero-order chi connectivity index (χ0) is 25.0. The molecule has 0 fully saturated rings. The summed E-state index contributed by atoms with van der Waals surface area (Å²) in [4.78, 5) is 28.9. The van der Waals surface area contributed by atoms with Crippen LogP contribution in [0, 0.1) is 13.8 Å². The molecule has 0 bridgehead atoms. The summed E-state index contributed by atoms with van der Waals surface area (Å²) in [6.45, 7) is 7.24. The number of hydrogen-bond donors (Lipinski definition) is 1. The molecule has 0 spiro atoms. The van der Waals surface area contributed by atoms with Gasteiger partial charge in [0.05, 0.1) is 0 Å². The lowest BCUT2D eigenvalue weighted by atomic mass is 10.0. The van der Waals surface area contributed by atoms with Crippen LogP contribution in [0.1, 0.15) is 54.0 Å². The molecule has 4 heteroatoms. The molecule has 1 atom stereocenters. The third kappa shape index (κ3) is 8.40. The summed E-state index contributed by atoms with van der Waals surface area (Å²) in [5.74, 6) is -0.0872. The van der Waals surface area contributed by atoms with Crippen LogP contribution in [-0.4, -0.2) is 29.3 Å². The Bertz CT molecular complexity index is 1060. The van der Waals surface area contributed by atoms with Gasteiger partial charge in [0.2, 0.25) is 11.8 Å². The number of nitrogens with one attached hydrogen (secondary N) is 1. The molecule has 0 radical (unpaired) electrons. The first-order chi connectivity index (χ1) is 17.0. The van der Waals surface area contributed by atoms with Crippen LogP contribution in [-0.2, 0) is 29.0 Å². The monoisotopic (exact) mass is 470 g/mol. The van der Waals surface area contributed by atoms with Crippen molar-refractivity contribution in [3.8, 4) is 0 Å². The number of benzene rings is 3. The highest BCUT2D eigenvalue weighted by Gasteiger charge is 2.30. The number of carbonyl (C=O) groups excluding carboxylic acids is 2. The largest absolute Gasteiger partial charge is 0.354 e. The van der Waals surface area contributed by atoms with E-state index in [1.54, 1.807) is 4.90 Å². The molecule has 3 aromatic rings. The first kappa shape index (κ1) is 26.2. The van der Waals surface area contributed by atoms with E-state index in [1.165, 1.54) is 11.1 Å².